The van der Waals surface area contributed by atoms with Gasteiger partial charge >= 0.3 is 5.97 Å². The molecule has 0 heterocycles. The first kappa shape index (κ1) is 26.0. The van der Waals surface area contributed by atoms with Gasteiger partial charge in [-0.05, 0) is 43.6 Å². The first-order valence-corrected chi connectivity index (χ1v) is 10.6. The average molecular weight is 419 g/mol. The molecule has 0 aromatic heterocycles. The van der Waals surface area contributed by atoms with Gasteiger partial charge < -0.3 is 32.9 Å². The molecule has 0 aliphatic carbocycles. The summed E-state index contributed by atoms with van der Waals surface area (Å²) in [5, 5.41) is 14.4. The van der Waals surface area contributed by atoms with E-state index in [1.165, 1.54) is 11.8 Å². The molecule has 162 valence electrons. The van der Waals surface area contributed by atoms with Crippen molar-refractivity contribution in [1.82, 2.24) is 10.6 Å². The average Bonchev–Trinajstić information content (AvgIpc) is 2.59. The van der Waals surface area contributed by atoms with Gasteiger partial charge in [0.25, 0.3) is 0 Å². The molecule has 3 atom stereocenters. The van der Waals surface area contributed by atoms with E-state index in [1.807, 2.05) is 20.1 Å². The van der Waals surface area contributed by atoms with Gasteiger partial charge in [-0.3, -0.25) is 14.6 Å². The third-order valence-electron chi connectivity index (χ3n) is 3.87. The monoisotopic (exact) mass is 418 g/mol. The summed E-state index contributed by atoms with van der Waals surface area (Å²) in [6, 6.07) is -2.70. The van der Waals surface area contributed by atoms with Crippen molar-refractivity contribution in [3.63, 3.8) is 0 Å². The summed E-state index contributed by atoms with van der Waals surface area (Å²) in [5.41, 5.74) is 16.4. The number of guanidine groups is 1. The summed E-state index contributed by atoms with van der Waals surface area (Å²) in [6.45, 7) is 4.17. The Hall–Kier alpha value is -2.01. The topological polar surface area (TPSA) is 186 Å². The van der Waals surface area contributed by atoms with Gasteiger partial charge in [-0.25, -0.2) is 4.79 Å². The van der Waals surface area contributed by atoms with Crippen LogP contribution in [0.25, 0.3) is 0 Å². The fraction of sp³-hybridized carbons (Fsp3) is 0.765. The van der Waals surface area contributed by atoms with Gasteiger partial charge in [0.05, 0.1) is 6.04 Å². The minimum absolute atomic E-state index is 0.0630. The Morgan fingerprint density at radius 1 is 1.07 bits per heavy atom. The number of nitrogens with two attached hydrogens (primary N) is 3. The lowest BCUT2D eigenvalue weighted by molar-refractivity contribution is -0.142. The predicted molar refractivity (Wildman–Crippen MR) is 112 cm³/mol. The highest BCUT2D eigenvalue weighted by Crippen LogP contribution is 2.06. The van der Waals surface area contributed by atoms with Crippen molar-refractivity contribution in [1.29, 1.82) is 0 Å². The van der Waals surface area contributed by atoms with Crippen molar-refractivity contribution in [2.45, 2.75) is 57.7 Å². The summed E-state index contributed by atoms with van der Waals surface area (Å²) in [6.07, 6.45) is 3.28. The standard InChI is InChI=1S/C17H34N6O4S/c1-10(2)9-11(18)14(24)22-12(5-4-7-21-17(19)20)15(25)23-13(16(26)27)6-8-28-3/h10-13H,4-9,18H2,1-3H3,(H,22,24)(H,23,25)(H,26,27)(H4,19,20,21). The second-order valence-corrected chi connectivity index (χ2v) is 7.91. The van der Waals surface area contributed by atoms with Crippen LogP contribution in [0.1, 0.15) is 39.5 Å². The molecule has 3 unspecified atom stereocenters. The van der Waals surface area contributed by atoms with Crippen LogP contribution < -0.4 is 27.8 Å². The molecule has 0 rings (SSSR count). The molecule has 0 aromatic rings. The van der Waals surface area contributed by atoms with Crippen LogP contribution in [-0.2, 0) is 14.4 Å². The van der Waals surface area contributed by atoms with E-state index < -0.39 is 35.9 Å². The Bertz CT molecular complexity index is 540. The smallest absolute Gasteiger partial charge is 0.326 e. The molecule has 0 saturated heterocycles. The van der Waals surface area contributed by atoms with Gasteiger partial charge in [-0.1, -0.05) is 13.8 Å². The highest BCUT2D eigenvalue weighted by atomic mass is 32.2. The zero-order valence-electron chi connectivity index (χ0n) is 16.8. The molecule has 9 N–H and O–H groups in total. The van der Waals surface area contributed by atoms with Crippen LogP contribution >= 0.6 is 11.8 Å². The normalized spacial score (nSPS) is 14.0. The number of aliphatic imine (C=N–C) groups is 1. The summed E-state index contributed by atoms with van der Waals surface area (Å²) < 4.78 is 0. The maximum Gasteiger partial charge on any atom is 0.326 e. The molecule has 0 aliphatic heterocycles. The van der Waals surface area contributed by atoms with Crippen LogP contribution in [0.2, 0.25) is 0 Å². The van der Waals surface area contributed by atoms with Crippen LogP contribution in [-0.4, -0.2) is 65.5 Å². The second kappa shape index (κ2) is 14.1. The van der Waals surface area contributed by atoms with Gasteiger partial charge in [0, 0.05) is 6.54 Å². The summed E-state index contributed by atoms with van der Waals surface area (Å²) in [7, 11) is 0. The highest BCUT2D eigenvalue weighted by molar-refractivity contribution is 7.98. The second-order valence-electron chi connectivity index (χ2n) is 6.93. The third kappa shape index (κ3) is 11.7. The maximum absolute atomic E-state index is 12.6. The SMILES string of the molecule is CSCCC(NC(=O)C(CCCN=C(N)N)NC(=O)C(N)CC(C)C)C(=O)O. The number of aliphatic carboxylic acids is 1. The van der Waals surface area contributed by atoms with Crippen molar-refractivity contribution in [2.24, 2.45) is 28.1 Å². The number of nitrogens with one attached hydrogen (secondary N) is 2. The van der Waals surface area contributed by atoms with Gasteiger partial charge in [-0.2, -0.15) is 11.8 Å². The molecule has 0 bridgehead atoms. The third-order valence-corrected chi connectivity index (χ3v) is 4.51. The number of carboxylic acids is 1. The van der Waals surface area contributed by atoms with E-state index in [1.54, 1.807) is 0 Å². The number of rotatable bonds is 14. The van der Waals surface area contributed by atoms with Crippen LogP contribution in [0.5, 0.6) is 0 Å². The molecule has 0 aliphatic rings. The van der Waals surface area contributed by atoms with Crippen molar-refractivity contribution in [3.8, 4) is 0 Å². The van der Waals surface area contributed by atoms with E-state index in [4.69, 9.17) is 17.2 Å². The number of hydrogen-bond donors (Lipinski definition) is 6. The first-order chi connectivity index (χ1) is 13.1. The van der Waals surface area contributed by atoms with Gasteiger partial charge in [0.1, 0.15) is 12.1 Å². The molecule has 0 aromatic carbocycles. The molecule has 0 radical (unpaired) electrons. The lowest BCUT2D eigenvalue weighted by Gasteiger charge is -2.23. The van der Waals surface area contributed by atoms with Crippen LogP contribution in [0.4, 0.5) is 0 Å². The van der Waals surface area contributed by atoms with E-state index in [0.717, 1.165) is 0 Å². The summed E-state index contributed by atoms with van der Waals surface area (Å²) in [5.74, 6) is -1.40. The minimum Gasteiger partial charge on any atom is -0.480 e. The fourth-order valence-electron chi connectivity index (χ4n) is 2.43. The molecular weight excluding hydrogens is 384 g/mol. The summed E-state index contributed by atoms with van der Waals surface area (Å²) in [4.78, 5) is 40.1. The zero-order chi connectivity index (χ0) is 21.7. The first-order valence-electron chi connectivity index (χ1n) is 9.21. The molecule has 11 heteroatoms. The maximum atomic E-state index is 12.6. The number of carboxylic acid groups (broad SMARTS) is 1. The quantitative estimate of drug-likeness (QED) is 0.120. The fourth-order valence-corrected chi connectivity index (χ4v) is 2.90. The van der Waals surface area contributed by atoms with E-state index in [-0.39, 0.29) is 31.3 Å². The molecule has 28 heavy (non-hydrogen) atoms. The number of carbonyl (C=O) groups is 3. The Kier molecular flexibility index (Phi) is 13.0. The van der Waals surface area contributed by atoms with E-state index in [0.29, 0.717) is 18.6 Å². The van der Waals surface area contributed by atoms with Crippen molar-refractivity contribution in [3.05, 3.63) is 0 Å². The Labute approximate surface area is 170 Å². The van der Waals surface area contributed by atoms with Crippen LogP contribution in [0.3, 0.4) is 0 Å². The van der Waals surface area contributed by atoms with Gasteiger partial charge in [0.2, 0.25) is 11.8 Å². The van der Waals surface area contributed by atoms with Crippen LogP contribution in [0, 0.1) is 5.92 Å². The molecular formula is C17H34N6O4S. The minimum atomic E-state index is -1.12. The molecule has 0 fully saturated rings. The molecule has 0 spiro atoms. The van der Waals surface area contributed by atoms with Crippen molar-refractivity contribution >= 4 is 35.5 Å². The predicted octanol–water partition coefficient (Wildman–Crippen LogP) is -0.779. The zero-order valence-corrected chi connectivity index (χ0v) is 17.6. The highest BCUT2D eigenvalue weighted by Gasteiger charge is 2.27. The van der Waals surface area contributed by atoms with E-state index in [2.05, 4.69) is 15.6 Å². The number of hydrogen-bond acceptors (Lipinski definition) is 6. The lowest BCUT2D eigenvalue weighted by Crippen LogP contribution is -2.54. The Morgan fingerprint density at radius 2 is 1.68 bits per heavy atom. The molecule has 0 saturated carbocycles. The molecule has 2 amide bonds. The number of carbonyl (C=O) groups excluding carboxylic acids is 2. The summed E-state index contributed by atoms with van der Waals surface area (Å²) >= 11 is 1.48. The number of nitrogens with zero attached hydrogens (tertiary/aromatic N) is 1. The largest absolute Gasteiger partial charge is 0.480 e. The van der Waals surface area contributed by atoms with Gasteiger partial charge in [-0.15, -0.1) is 0 Å². The number of thioether (sulfide) groups is 1. The number of amides is 2. The van der Waals surface area contributed by atoms with E-state index >= 15 is 0 Å². The van der Waals surface area contributed by atoms with Crippen LogP contribution in [0.15, 0.2) is 4.99 Å². The van der Waals surface area contributed by atoms with Crippen molar-refractivity contribution in [2.75, 3.05) is 18.6 Å². The Balaban J connectivity index is 5.06. The lowest BCUT2D eigenvalue weighted by atomic mass is 10.0. The Morgan fingerprint density at radius 3 is 2.18 bits per heavy atom. The van der Waals surface area contributed by atoms with Crippen molar-refractivity contribution < 1.29 is 19.5 Å². The van der Waals surface area contributed by atoms with E-state index in [9.17, 15) is 19.5 Å². The van der Waals surface area contributed by atoms with Gasteiger partial charge in [0.15, 0.2) is 5.96 Å². The molecule has 10 nitrogen and oxygen atoms in total.